The standard InChI is InChI=1S/C13H13NO/c14-10-11-5-4-8-13(9-11)15-12-6-2-1-3-7-12/h2,4-6,8-9,12H,1,3,7H2. The van der Waals surface area contributed by atoms with Crippen LogP contribution in [0.25, 0.3) is 0 Å². The fourth-order valence-corrected chi connectivity index (χ4v) is 1.69. The van der Waals surface area contributed by atoms with Gasteiger partial charge in [-0.3, -0.25) is 0 Å². The molecule has 0 N–H and O–H groups in total. The monoisotopic (exact) mass is 199 g/mol. The van der Waals surface area contributed by atoms with Crippen molar-refractivity contribution in [3.8, 4) is 11.8 Å². The molecule has 0 amide bonds. The maximum absolute atomic E-state index is 8.75. The highest BCUT2D eigenvalue weighted by Crippen LogP contribution is 2.19. The van der Waals surface area contributed by atoms with Gasteiger partial charge in [-0.1, -0.05) is 12.1 Å². The van der Waals surface area contributed by atoms with Gasteiger partial charge in [0.1, 0.15) is 11.9 Å². The second kappa shape index (κ2) is 4.65. The predicted molar refractivity (Wildman–Crippen MR) is 58.6 cm³/mol. The van der Waals surface area contributed by atoms with Gasteiger partial charge in [-0.2, -0.15) is 5.26 Å². The van der Waals surface area contributed by atoms with Crippen molar-refractivity contribution >= 4 is 0 Å². The van der Waals surface area contributed by atoms with Crippen LogP contribution in [0.2, 0.25) is 0 Å². The van der Waals surface area contributed by atoms with Gasteiger partial charge in [0.15, 0.2) is 0 Å². The Morgan fingerprint density at radius 1 is 1.40 bits per heavy atom. The molecule has 76 valence electrons. The van der Waals surface area contributed by atoms with E-state index in [1.54, 1.807) is 12.1 Å². The van der Waals surface area contributed by atoms with Gasteiger partial charge in [-0.25, -0.2) is 0 Å². The average Bonchev–Trinajstić information content (AvgIpc) is 2.31. The molecule has 1 atom stereocenters. The van der Waals surface area contributed by atoms with Crippen LogP contribution in [-0.4, -0.2) is 6.10 Å². The normalized spacial score (nSPS) is 19.5. The Bertz CT molecular complexity index is 403. The van der Waals surface area contributed by atoms with Crippen molar-refractivity contribution in [3.05, 3.63) is 42.0 Å². The van der Waals surface area contributed by atoms with Gasteiger partial charge < -0.3 is 4.74 Å². The molecule has 15 heavy (non-hydrogen) atoms. The smallest absolute Gasteiger partial charge is 0.121 e. The molecule has 0 fully saturated rings. The summed E-state index contributed by atoms with van der Waals surface area (Å²) in [6, 6.07) is 9.41. The fourth-order valence-electron chi connectivity index (χ4n) is 1.69. The zero-order chi connectivity index (χ0) is 10.5. The highest BCUT2D eigenvalue weighted by atomic mass is 16.5. The molecular weight excluding hydrogens is 186 g/mol. The minimum atomic E-state index is 0.174. The number of nitrogens with zero attached hydrogens (tertiary/aromatic N) is 1. The molecule has 0 radical (unpaired) electrons. The van der Waals surface area contributed by atoms with Gasteiger partial charge >= 0.3 is 0 Å². The fraction of sp³-hybridized carbons (Fsp3) is 0.308. The number of nitriles is 1. The summed E-state index contributed by atoms with van der Waals surface area (Å²) >= 11 is 0. The number of hydrogen-bond donors (Lipinski definition) is 0. The van der Waals surface area contributed by atoms with Crippen LogP contribution in [0.5, 0.6) is 5.75 Å². The Kier molecular flexibility index (Phi) is 3.04. The first-order valence-electron chi connectivity index (χ1n) is 5.22. The molecule has 1 aliphatic carbocycles. The van der Waals surface area contributed by atoms with E-state index in [1.165, 1.54) is 6.42 Å². The van der Waals surface area contributed by atoms with Gasteiger partial charge in [0, 0.05) is 0 Å². The van der Waals surface area contributed by atoms with Crippen LogP contribution in [0.15, 0.2) is 36.4 Å². The molecule has 1 aromatic carbocycles. The van der Waals surface area contributed by atoms with Gasteiger partial charge in [-0.05, 0) is 43.5 Å². The zero-order valence-corrected chi connectivity index (χ0v) is 8.52. The van der Waals surface area contributed by atoms with Crippen molar-refractivity contribution in [2.75, 3.05) is 0 Å². The Morgan fingerprint density at radius 3 is 3.07 bits per heavy atom. The Labute approximate surface area is 89.8 Å². The lowest BCUT2D eigenvalue weighted by molar-refractivity contribution is 0.230. The van der Waals surface area contributed by atoms with Crippen LogP contribution < -0.4 is 4.74 Å². The van der Waals surface area contributed by atoms with Crippen molar-refractivity contribution in [3.63, 3.8) is 0 Å². The van der Waals surface area contributed by atoms with Crippen LogP contribution in [-0.2, 0) is 0 Å². The van der Waals surface area contributed by atoms with Crippen molar-refractivity contribution in [2.45, 2.75) is 25.4 Å². The largest absolute Gasteiger partial charge is 0.486 e. The maximum atomic E-state index is 8.75. The lowest BCUT2D eigenvalue weighted by atomic mass is 10.1. The molecule has 2 nitrogen and oxygen atoms in total. The topological polar surface area (TPSA) is 33.0 Å². The second-order valence-electron chi connectivity index (χ2n) is 3.65. The number of rotatable bonds is 2. The van der Waals surface area contributed by atoms with E-state index in [-0.39, 0.29) is 6.10 Å². The summed E-state index contributed by atoms with van der Waals surface area (Å²) in [6.07, 6.45) is 7.82. The van der Waals surface area contributed by atoms with Crippen LogP contribution >= 0.6 is 0 Å². The van der Waals surface area contributed by atoms with E-state index in [4.69, 9.17) is 10.00 Å². The number of allylic oxidation sites excluding steroid dienone is 1. The number of ether oxygens (including phenoxy) is 1. The Morgan fingerprint density at radius 2 is 2.33 bits per heavy atom. The zero-order valence-electron chi connectivity index (χ0n) is 8.52. The molecule has 1 aliphatic rings. The van der Waals surface area contributed by atoms with Crippen molar-refractivity contribution < 1.29 is 4.74 Å². The quantitative estimate of drug-likeness (QED) is 0.686. The summed E-state index contributed by atoms with van der Waals surface area (Å²) in [7, 11) is 0. The van der Waals surface area contributed by atoms with Crippen molar-refractivity contribution in [1.29, 1.82) is 5.26 Å². The molecule has 1 aromatic rings. The lowest BCUT2D eigenvalue weighted by Crippen LogP contribution is -2.15. The van der Waals surface area contributed by atoms with E-state index in [1.807, 2.05) is 12.1 Å². The van der Waals surface area contributed by atoms with E-state index < -0.39 is 0 Å². The van der Waals surface area contributed by atoms with E-state index in [0.717, 1.165) is 18.6 Å². The van der Waals surface area contributed by atoms with Crippen molar-refractivity contribution in [2.24, 2.45) is 0 Å². The molecule has 0 heterocycles. The third-order valence-electron chi connectivity index (χ3n) is 2.46. The predicted octanol–water partition coefficient (Wildman–Crippen LogP) is 3.05. The summed E-state index contributed by atoms with van der Waals surface area (Å²) in [5, 5.41) is 8.75. The number of hydrogen-bond acceptors (Lipinski definition) is 2. The van der Waals surface area contributed by atoms with Crippen LogP contribution in [0.4, 0.5) is 0 Å². The maximum Gasteiger partial charge on any atom is 0.121 e. The van der Waals surface area contributed by atoms with Gasteiger partial charge in [0.05, 0.1) is 11.6 Å². The minimum absolute atomic E-state index is 0.174. The first-order valence-corrected chi connectivity index (χ1v) is 5.22. The summed E-state index contributed by atoms with van der Waals surface area (Å²) < 4.78 is 5.76. The van der Waals surface area contributed by atoms with Crippen LogP contribution in [0.1, 0.15) is 24.8 Å². The highest BCUT2D eigenvalue weighted by molar-refractivity contribution is 5.36. The summed E-state index contributed by atoms with van der Waals surface area (Å²) in [5.41, 5.74) is 0.646. The molecule has 0 aliphatic heterocycles. The molecule has 2 rings (SSSR count). The number of benzene rings is 1. The third kappa shape index (κ3) is 2.60. The molecule has 0 spiro atoms. The summed E-state index contributed by atoms with van der Waals surface area (Å²) in [4.78, 5) is 0. The second-order valence-corrected chi connectivity index (χ2v) is 3.65. The molecule has 0 aromatic heterocycles. The minimum Gasteiger partial charge on any atom is -0.486 e. The molecule has 0 saturated heterocycles. The van der Waals surface area contributed by atoms with E-state index in [0.29, 0.717) is 5.56 Å². The summed E-state index contributed by atoms with van der Waals surface area (Å²) in [5.74, 6) is 0.783. The SMILES string of the molecule is N#Cc1cccc(OC2C=CCCC2)c1. The van der Waals surface area contributed by atoms with Gasteiger partial charge in [0.25, 0.3) is 0 Å². The lowest BCUT2D eigenvalue weighted by Gasteiger charge is -2.18. The van der Waals surface area contributed by atoms with Gasteiger partial charge in [0.2, 0.25) is 0 Å². The Hall–Kier alpha value is -1.75. The highest BCUT2D eigenvalue weighted by Gasteiger charge is 2.09. The summed E-state index contributed by atoms with van der Waals surface area (Å²) in [6.45, 7) is 0. The third-order valence-corrected chi connectivity index (χ3v) is 2.46. The van der Waals surface area contributed by atoms with E-state index >= 15 is 0 Å². The molecule has 0 bridgehead atoms. The Balaban J connectivity index is 2.07. The first-order chi connectivity index (χ1) is 7.38. The molecule has 0 saturated carbocycles. The molecule has 2 heteroatoms. The average molecular weight is 199 g/mol. The van der Waals surface area contributed by atoms with Gasteiger partial charge in [-0.15, -0.1) is 0 Å². The van der Waals surface area contributed by atoms with E-state index in [9.17, 15) is 0 Å². The van der Waals surface area contributed by atoms with Crippen molar-refractivity contribution in [1.82, 2.24) is 0 Å². The van der Waals surface area contributed by atoms with Crippen LogP contribution in [0.3, 0.4) is 0 Å². The van der Waals surface area contributed by atoms with E-state index in [2.05, 4.69) is 18.2 Å². The molecular formula is C13H13NO. The van der Waals surface area contributed by atoms with Crippen LogP contribution in [0, 0.1) is 11.3 Å². The first kappa shape index (κ1) is 9.79. The molecule has 1 unspecified atom stereocenters.